The summed E-state index contributed by atoms with van der Waals surface area (Å²) in [4.78, 5) is 43.6. The Labute approximate surface area is 258 Å². The third-order valence-electron chi connectivity index (χ3n) is 7.05. The largest absolute Gasteiger partial charge is 0.496 e. The van der Waals surface area contributed by atoms with Crippen molar-refractivity contribution in [1.29, 1.82) is 0 Å². The topological polar surface area (TPSA) is 126 Å². The molecule has 0 saturated heterocycles. The van der Waals surface area contributed by atoms with Crippen molar-refractivity contribution in [2.24, 2.45) is 4.99 Å². The van der Waals surface area contributed by atoms with E-state index in [1.54, 1.807) is 57.4 Å². The van der Waals surface area contributed by atoms with Gasteiger partial charge in [-0.25, -0.2) is 9.79 Å². The number of halogens is 1. The van der Waals surface area contributed by atoms with Crippen molar-refractivity contribution >= 4 is 45.0 Å². The molecule has 0 fully saturated rings. The lowest BCUT2D eigenvalue weighted by molar-refractivity contribution is -0.385. The van der Waals surface area contributed by atoms with Crippen LogP contribution in [0, 0.1) is 17.0 Å². The maximum absolute atomic E-state index is 14.0. The maximum atomic E-state index is 14.0. The number of hydrogen-bond donors (Lipinski definition) is 0. The molecule has 1 aliphatic heterocycles. The van der Waals surface area contributed by atoms with E-state index in [4.69, 9.17) is 18.9 Å². The number of esters is 1. The number of nitrogens with zero attached hydrogens (tertiary/aromatic N) is 3. The summed E-state index contributed by atoms with van der Waals surface area (Å²) in [7, 11) is 1.56. The van der Waals surface area contributed by atoms with E-state index in [0.717, 1.165) is 6.42 Å². The minimum absolute atomic E-state index is 0.00536. The average Bonchev–Trinajstić information content (AvgIpc) is 3.56. The van der Waals surface area contributed by atoms with Gasteiger partial charge in [0.1, 0.15) is 17.3 Å². The second-order valence-electron chi connectivity index (χ2n) is 9.72. The fraction of sp³-hybridized carbons (Fsp3) is 0.258. The summed E-state index contributed by atoms with van der Waals surface area (Å²) in [6.45, 7) is 5.58. The first-order valence-electron chi connectivity index (χ1n) is 13.6. The van der Waals surface area contributed by atoms with E-state index >= 15 is 0 Å². The Balaban J connectivity index is 1.67. The van der Waals surface area contributed by atoms with Gasteiger partial charge in [-0.1, -0.05) is 42.9 Å². The molecule has 4 aromatic rings. The van der Waals surface area contributed by atoms with Gasteiger partial charge in [0, 0.05) is 23.3 Å². The summed E-state index contributed by atoms with van der Waals surface area (Å²) in [5.74, 6) is 0.924. The number of benzene rings is 2. The van der Waals surface area contributed by atoms with Crippen molar-refractivity contribution in [2.75, 3.05) is 13.7 Å². The molecule has 0 bridgehead atoms. The van der Waals surface area contributed by atoms with Gasteiger partial charge in [-0.3, -0.25) is 19.5 Å². The lowest BCUT2D eigenvalue weighted by Gasteiger charge is -2.26. The van der Waals surface area contributed by atoms with Crippen LogP contribution in [-0.2, 0) is 9.53 Å². The first-order valence-corrected chi connectivity index (χ1v) is 15.2. The molecular formula is C31H28BrN3O7S. The van der Waals surface area contributed by atoms with Crippen LogP contribution in [0.15, 0.2) is 78.5 Å². The number of carbonyl (C=O) groups excluding carboxylic acids is 1. The normalized spacial score (nSPS) is 14.8. The van der Waals surface area contributed by atoms with Crippen molar-refractivity contribution in [3.05, 3.63) is 111 Å². The molecule has 0 spiro atoms. The second kappa shape index (κ2) is 12.5. The van der Waals surface area contributed by atoms with Crippen LogP contribution in [0.5, 0.6) is 5.75 Å². The molecule has 0 radical (unpaired) electrons. The van der Waals surface area contributed by atoms with E-state index in [1.807, 2.05) is 19.1 Å². The van der Waals surface area contributed by atoms with Crippen LogP contribution < -0.4 is 19.6 Å². The van der Waals surface area contributed by atoms with E-state index in [9.17, 15) is 19.7 Å². The van der Waals surface area contributed by atoms with Gasteiger partial charge in [-0.05, 0) is 66.0 Å². The quantitative estimate of drug-likeness (QED) is 0.125. The molecule has 0 amide bonds. The maximum Gasteiger partial charge on any atom is 0.338 e. The third kappa shape index (κ3) is 5.72. The zero-order valence-corrected chi connectivity index (χ0v) is 26.3. The number of nitro groups is 1. The van der Waals surface area contributed by atoms with Gasteiger partial charge in [0.15, 0.2) is 4.80 Å². The van der Waals surface area contributed by atoms with Crippen molar-refractivity contribution in [3.63, 3.8) is 0 Å². The lowest BCUT2D eigenvalue weighted by Crippen LogP contribution is -2.40. The number of carbonyl (C=O) groups is 1. The molecule has 5 rings (SSSR count). The van der Waals surface area contributed by atoms with Gasteiger partial charge < -0.3 is 13.9 Å². The van der Waals surface area contributed by atoms with Crippen LogP contribution >= 0.6 is 27.3 Å². The molecule has 1 atom stereocenters. The van der Waals surface area contributed by atoms with Crippen LogP contribution in [-0.4, -0.2) is 29.2 Å². The summed E-state index contributed by atoms with van der Waals surface area (Å²) in [6, 6.07) is 12.9. The van der Waals surface area contributed by atoms with E-state index in [-0.39, 0.29) is 17.9 Å². The Morgan fingerprint density at radius 3 is 2.70 bits per heavy atom. The molecule has 0 saturated carbocycles. The average molecular weight is 667 g/mol. The molecule has 2 aromatic carbocycles. The molecule has 2 aromatic heterocycles. The van der Waals surface area contributed by atoms with Crippen molar-refractivity contribution in [1.82, 2.24) is 4.57 Å². The first kappa shape index (κ1) is 30.2. The number of nitro benzene ring substituents is 1. The summed E-state index contributed by atoms with van der Waals surface area (Å²) in [5, 5.41) is 11.4. The van der Waals surface area contributed by atoms with Gasteiger partial charge in [-0.15, -0.1) is 0 Å². The van der Waals surface area contributed by atoms with Crippen molar-refractivity contribution in [2.45, 2.75) is 39.7 Å². The van der Waals surface area contributed by atoms with Crippen molar-refractivity contribution < 1.29 is 23.6 Å². The van der Waals surface area contributed by atoms with Gasteiger partial charge in [0.05, 0.1) is 45.0 Å². The van der Waals surface area contributed by atoms with Crippen LogP contribution in [0.3, 0.4) is 0 Å². The predicted octanol–water partition coefficient (Wildman–Crippen LogP) is 5.83. The fourth-order valence-corrected chi connectivity index (χ4v) is 6.64. The molecule has 0 unspecified atom stereocenters. The monoisotopic (exact) mass is 665 g/mol. The lowest BCUT2D eigenvalue weighted by atomic mass is 9.94. The van der Waals surface area contributed by atoms with Crippen molar-refractivity contribution in [3.8, 4) is 17.1 Å². The predicted molar refractivity (Wildman–Crippen MR) is 166 cm³/mol. The Kier molecular flexibility index (Phi) is 8.79. The van der Waals surface area contributed by atoms with E-state index in [0.29, 0.717) is 65.5 Å². The molecule has 0 N–H and O–H groups in total. The summed E-state index contributed by atoms with van der Waals surface area (Å²) in [5.41, 5.74) is 2.30. The van der Waals surface area contributed by atoms with E-state index in [2.05, 4.69) is 15.9 Å². The molecule has 43 heavy (non-hydrogen) atoms. The Morgan fingerprint density at radius 2 is 2.02 bits per heavy atom. The summed E-state index contributed by atoms with van der Waals surface area (Å²) < 4.78 is 19.4. The van der Waals surface area contributed by atoms with Gasteiger partial charge in [0.25, 0.3) is 11.2 Å². The molecule has 3 heterocycles. The number of allylic oxidation sites excluding steroid dienone is 1. The molecule has 1 aliphatic rings. The number of hydrogen-bond acceptors (Lipinski definition) is 9. The second-order valence-corrected chi connectivity index (χ2v) is 11.6. The highest BCUT2D eigenvalue weighted by molar-refractivity contribution is 9.10. The number of ether oxygens (including phenoxy) is 2. The molecular weight excluding hydrogens is 638 g/mol. The Hall–Kier alpha value is -4.29. The van der Waals surface area contributed by atoms with Crippen LogP contribution in [0.2, 0.25) is 0 Å². The highest BCUT2D eigenvalue weighted by atomic mass is 79.9. The third-order valence-corrected chi connectivity index (χ3v) is 8.65. The minimum Gasteiger partial charge on any atom is -0.496 e. The number of aromatic nitrogens is 1. The highest BCUT2D eigenvalue weighted by Crippen LogP contribution is 2.36. The Morgan fingerprint density at radius 1 is 1.23 bits per heavy atom. The number of methoxy groups -OCH3 is 1. The van der Waals surface area contributed by atoms with E-state index < -0.39 is 16.9 Å². The molecule has 222 valence electrons. The molecule has 0 aliphatic carbocycles. The van der Waals surface area contributed by atoms with Gasteiger partial charge >= 0.3 is 5.97 Å². The zero-order valence-electron chi connectivity index (χ0n) is 23.9. The van der Waals surface area contributed by atoms with Crippen LogP contribution in [0.1, 0.15) is 49.6 Å². The van der Waals surface area contributed by atoms with Crippen LogP contribution in [0.4, 0.5) is 5.69 Å². The number of rotatable bonds is 9. The molecule has 12 heteroatoms. The molecule has 10 nitrogen and oxygen atoms in total. The Bertz CT molecular complexity index is 1950. The SMILES string of the molecule is CCCC1=C(C(=O)OCC)[C@@H](c2ccc(OC)c(Br)c2)n2c(s/c(=C\c3ccc(-c4cccc([N+](=O)[O-])c4C)o3)c2=O)=N1. The van der Waals surface area contributed by atoms with Crippen LogP contribution in [0.25, 0.3) is 17.4 Å². The fourth-order valence-electron chi connectivity index (χ4n) is 5.08. The highest BCUT2D eigenvalue weighted by Gasteiger charge is 2.34. The smallest absolute Gasteiger partial charge is 0.338 e. The summed E-state index contributed by atoms with van der Waals surface area (Å²) >= 11 is 4.73. The zero-order chi connectivity index (χ0) is 30.8. The first-order chi connectivity index (χ1) is 20.7. The number of furan rings is 1. The van der Waals surface area contributed by atoms with Gasteiger partial charge in [0.2, 0.25) is 0 Å². The van der Waals surface area contributed by atoms with E-state index in [1.165, 1.54) is 22.0 Å². The van der Waals surface area contributed by atoms with Gasteiger partial charge in [-0.2, -0.15) is 0 Å². The number of fused-ring (bicyclic) bond motifs is 1. The summed E-state index contributed by atoms with van der Waals surface area (Å²) in [6.07, 6.45) is 2.88. The standard InChI is InChI=1S/C31H28BrN3O7S/c1-5-8-22-27(30(37)41-6-2)28(18-11-13-25(40-4)21(32)15-18)34-29(36)26(43-31(34)33-22)16-19-12-14-24(42-19)20-9-7-10-23(17(20)3)35(38)39/h7,9-16,28H,5-6,8H2,1-4H3/b26-16-/t28-/m1/s1. The number of thiazole rings is 1. The minimum atomic E-state index is -0.777.